The lowest BCUT2D eigenvalue weighted by Gasteiger charge is -2.36. The number of hydrogen-bond donors (Lipinski definition) is 1. The smallest absolute Gasteiger partial charge is 0.294 e. The number of imide groups is 1. The van der Waals surface area contributed by atoms with E-state index >= 15 is 0 Å². The number of amides is 3. The monoisotopic (exact) mass is 627 g/mol. The molecule has 4 rings (SSSR count). The Morgan fingerprint density at radius 2 is 1.81 bits per heavy atom. The van der Waals surface area contributed by atoms with E-state index in [0.29, 0.717) is 35.3 Å². The van der Waals surface area contributed by atoms with E-state index in [0.717, 1.165) is 26.8 Å². The van der Waals surface area contributed by atoms with Crippen LogP contribution >= 0.6 is 50.3 Å². The number of piperazine rings is 1. The molecule has 2 heterocycles. The molecule has 32 heavy (non-hydrogen) atoms. The van der Waals surface area contributed by atoms with E-state index in [2.05, 4.69) is 20.8 Å². The molecule has 2 aliphatic rings. The summed E-state index contributed by atoms with van der Waals surface area (Å²) in [6.45, 7) is 2.17. The molecule has 0 saturated carbocycles. The number of rotatable bonds is 4. The number of phenols is 1. The van der Waals surface area contributed by atoms with Gasteiger partial charge in [0.2, 0.25) is 5.91 Å². The maximum absolute atomic E-state index is 12.8. The third-order valence-corrected chi connectivity index (χ3v) is 7.45. The highest BCUT2D eigenvalue weighted by molar-refractivity contribution is 14.1. The molecule has 0 bridgehead atoms. The van der Waals surface area contributed by atoms with Crippen LogP contribution in [0.25, 0.3) is 6.08 Å². The number of thioether (sulfide) groups is 1. The fraction of sp³-hybridized carbons (Fsp3) is 0.227. The van der Waals surface area contributed by atoms with Gasteiger partial charge in [0.25, 0.3) is 11.1 Å². The summed E-state index contributed by atoms with van der Waals surface area (Å²) in [6, 6.07) is 13.4. The van der Waals surface area contributed by atoms with Crippen molar-refractivity contribution in [3.63, 3.8) is 0 Å². The van der Waals surface area contributed by atoms with Crippen LogP contribution in [0.4, 0.5) is 10.5 Å². The lowest BCUT2D eigenvalue weighted by atomic mass is 10.2. The average molecular weight is 628 g/mol. The average Bonchev–Trinajstić information content (AvgIpc) is 3.05. The summed E-state index contributed by atoms with van der Waals surface area (Å²) in [5.74, 6) is -0.736. The number of anilines is 1. The first kappa shape index (κ1) is 23.1. The van der Waals surface area contributed by atoms with Crippen LogP contribution in [0.2, 0.25) is 0 Å². The fourth-order valence-corrected chi connectivity index (χ4v) is 5.94. The number of halogens is 2. The van der Waals surface area contributed by atoms with Crippen molar-refractivity contribution in [2.24, 2.45) is 0 Å². The van der Waals surface area contributed by atoms with Crippen molar-refractivity contribution in [3.8, 4) is 5.75 Å². The van der Waals surface area contributed by atoms with E-state index in [1.807, 2.05) is 52.9 Å². The van der Waals surface area contributed by atoms with Crippen LogP contribution in [0.15, 0.2) is 51.8 Å². The highest BCUT2D eigenvalue weighted by Gasteiger charge is 2.37. The molecule has 2 aliphatic heterocycles. The second-order valence-corrected chi connectivity index (χ2v) is 10.4. The zero-order valence-corrected chi connectivity index (χ0v) is 21.4. The van der Waals surface area contributed by atoms with E-state index in [1.165, 1.54) is 6.08 Å². The molecule has 166 valence electrons. The van der Waals surface area contributed by atoms with Crippen LogP contribution in [-0.4, -0.2) is 64.7 Å². The number of phenolic OH excluding ortho intramolecular Hbond substituents is 1. The van der Waals surface area contributed by atoms with Gasteiger partial charge in [-0.2, -0.15) is 0 Å². The number of nitrogens with zero attached hydrogens (tertiary/aromatic N) is 3. The second-order valence-electron chi connectivity index (χ2n) is 7.30. The van der Waals surface area contributed by atoms with Crippen LogP contribution in [0.3, 0.4) is 0 Å². The number of carbonyl (C=O) groups is 3. The molecule has 7 nitrogen and oxygen atoms in total. The molecule has 0 atom stereocenters. The first-order valence-corrected chi connectivity index (χ1v) is 12.5. The van der Waals surface area contributed by atoms with Gasteiger partial charge in [0.1, 0.15) is 12.3 Å². The molecule has 2 saturated heterocycles. The fourth-order valence-electron chi connectivity index (χ4n) is 3.56. The molecule has 2 aromatic carbocycles. The number of carbonyl (C=O) groups excluding carboxylic acids is 3. The first-order valence-electron chi connectivity index (χ1n) is 9.84. The predicted octanol–water partition coefficient (Wildman–Crippen LogP) is 4.14. The lowest BCUT2D eigenvalue weighted by molar-refractivity contribution is -0.136. The Balaban J connectivity index is 1.40. The highest BCUT2D eigenvalue weighted by atomic mass is 127. The van der Waals surface area contributed by atoms with E-state index in [-0.39, 0.29) is 23.1 Å². The third-order valence-electron chi connectivity index (χ3n) is 5.26. The van der Waals surface area contributed by atoms with Crippen LogP contribution in [0.5, 0.6) is 5.75 Å². The summed E-state index contributed by atoms with van der Waals surface area (Å²) in [5, 5.41) is 9.78. The molecule has 2 fully saturated rings. The Morgan fingerprint density at radius 1 is 1.12 bits per heavy atom. The summed E-state index contributed by atoms with van der Waals surface area (Å²) in [4.78, 5) is 43.1. The van der Waals surface area contributed by atoms with Gasteiger partial charge in [-0.1, -0.05) is 34.1 Å². The van der Waals surface area contributed by atoms with Crippen LogP contribution in [-0.2, 0) is 9.59 Å². The van der Waals surface area contributed by atoms with Gasteiger partial charge in [0.15, 0.2) is 0 Å². The number of para-hydroxylation sites is 1. The molecule has 3 amide bonds. The summed E-state index contributed by atoms with van der Waals surface area (Å²) in [6.07, 6.45) is 1.48. The molecule has 0 aromatic heterocycles. The largest absolute Gasteiger partial charge is 0.506 e. The van der Waals surface area contributed by atoms with E-state index in [4.69, 9.17) is 0 Å². The van der Waals surface area contributed by atoms with Crippen molar-refractivity contribution in [3.05, 3.63) is 61.0 Å². The maximum atomic E-state index is 12.8. The predicted molar refractivity (Wildman–Crippen MR) is 136 cm³/mol. The molecule has 0 spiro atoms. The van der Waals surface area contributed by atoms with Gasteiger partial charge in [0, 0.05) is 41.9 Å². The van der Waals surface area contributed by atoms with E-state index < -0.39 is 11.1 Å². The second kappa shape index (κ2) is 9.84. The molecule has 1 N–H and O–H groups in total. The zero-order chi connectivity index (χ0) is 22.8. The quantitative estimate of drug-likeness (QED) is 0.405. The Hall–Kier alpha value is -2.05. The Morgan fingerprint density at radius 3 is 2.50 bits per heavy atom. The van der Waals surface area contributed by atoms with Crippen molar-refractivity contribution in [2.75, 3.05) is 37.6 Å². The van der Waals surface area contributed by atoms with Crippen molar-refractivity contribution < 1.29 is 19.5 Å². The molecule has 0 aliphatic carbocycles. The van der Waals surface area contributed by atoms with Crippen molar-refractivity contribution in [2.45, 2.75) is 0 Å². The minimum Gasteiger partial charge on any atom is -0.506 e. The lowest BCUT2D eigenvalue weighted by Crippen LogP contribution is -2.51. The van der Waals surface area contributed by atoms with Gasteiger partial charge in [-0.15, -0.1) is 0 Å². The van der Waals surface area contributed by atoms with Gasteiger partial charge < -0.3 is 14.9 Å². The summed E-state index contributed by atoms with van der Waals surface area (Å²) in [5.41, 5.74) is 1.54. The Bertz CT molecular complexity index is 1100. The normalized spacial score (nSPS) is 18.1. The van der Waals surface area contributed by atoms with Crippen molar-refractivity contribution in [1.82, 2.24) is 9.80 Å². The third kappa shape index (κ3) is 4.96. The van der Waals surface area contributed by atoms with Gasteiger partial charge in [-0.3, -0.25) is 19.3 Å². The summed E-state index contributed by atoms with van der Waals surface area (Å²) < 4.78 is 1.36. The Labute approximate surface area is 211 Å². The van der Waals surface area contributed by atoms with E-state index in [1.54, 1.807) is 17.0 Å². The van der Waals surface area contributed by atoms with Gasteiger partial charge in [0.05, 0.1) is 8.48 Å². The topological polar surface area (TPSA) is 81.2 Å². The van der Waals surface area contributed by atoms with Crippen LogP contribution in [0.1, 0.15) is 5.56 Å². The summed E-state index contributed by atoms with van der Waals surface area (Å²) >= 11 is 6.13. The number of benzene rings is 2. The van der Waals surface area contributed by atoms with Crippen LogP contribution in [0, 0.1) is 3.57 Å². The molecule has 0 radical (unpaired) electrons. The minimum atomic E-state index is -0.523. The first-order chi connectivity index (χ1) is 15.3. The molecule has 0 unspecified atom stereocenters. The molecule has 10 heteroatoms. The molecule has 2 aromatic rings. The molecular formula is C22H19BrIN3O4S. The summed E-state index contributed by atoms with van der Waals surface area (Å²) in [7, 11) is 0. The van der Waals surface area contributed by atoms with E-state index in [9.17, 15) is 19.5 Å². The van der Waals surface area contributed by atoms with Gasteiger partial charge in [-0.05, 0) is 64.7 Å². The maximum Gasteiger partial charge on any atom is 0.294 e. The highest BCUT2D eigenvalue weighted by Crippen LogP contribution is 2.36. The zero-order valence-electron chi connectivity index (χ0n) is 16.8. The number of aromatic hydroxyl groups is 1. The van der Waals surface area contributed by atoms with Gasteiger partial charge in [-0.25, -0.2) is 0 Å². The van der Waals surface area contributed by atoms with Gasteiger partial charge >= 0.3 is 0 Å². The Kier molecular flexibility index (Phi) is 7.11. The standard InChI is InChI=1S/C22H19BrIN3O4S/c23-15-10-14(20(29)17(24)12-15)11-18-21(30)27(22(31)32-18)13-19(28)26-8-6-25(7-9-26)16-4-2-1-3-5-16/h1-5,10-12,29H,6-9,13H2/b18-11-. The SMILES string of the molecule is O=C(CN1C(=O)S/C(=C\c2cc(Br)cc(I)c2O)C1=O)N1CCN(c2ccccc2)CC1. The van der Waals surface area contributed by atoms with Crippen LogP contribution < -0.4 is 4.90 Å². The van der Waals surface area contributed by atoms with Crippen molar-refractivity contribution in [1.29, 1.82) is 0 Å². The minimum absolute atomic E-state index is 0.0352. The van der Waals surface area contributed by atoms with Crippen molar-refractivity contribution >= 4 is 79.1 Å². The number of hydrogen-bond acceptors (Lipinski definition) is 6. The molecular weight excluding hydrogens is 609 g/mol.